The molecule has 0 bridgehead atoms. The zero-order valence-corrected chi connectivity index (χ0v) is 14.0. The van der Waals surface area contributed by atoms with E-state index in [0.717, 1.165) is 5.56 Å². The van der Waals surface area contributed by atoms with E-state index in [2.05, 4.69) is 5.32 Å². The SMILES string of the molecule is CC(Oc1cccc(Cl)c1)C(=O)NCc1ccc(Cl)c(Cl)c1. The molecule has 0 spiro atoms. The van der Waals surface area contributed by atoms with Gasteiger partial charge < -0.3 is 10.1 Å². The molecule has 0 aliphatic heterocycles. The number of rotatable bonds is 5. The summed E-state index contributed by atoms with van der Waals surface area (Å²) in [5.41, 5.74) is 0.859. The molecule has 0 radical (unpaired) electrons. The molecule has 0 fully saturated rings. The topological polar surface area (TPSA) is 38.3 Å². The molecular formula is C16H14Cl3NO2. The van der Waals surface area contributed by atoms with Crippen LogP contribution in [0.5, 0.6) is 5.75 Å². The molecule has 0 saturated heterocycles. The second-order valence-electron chi connectivity index (χ2n) is 4.68. The number of ether oxygens (including phenoxy) is 1. The van der Waals surface area contributed by atoms with E-state index in [1.807, 2.05) is 0 Å². The summed E-state index contributed by atoms with van der Waals surface area (Å²) in [6.07, 6.45) is -0.638. The summed E-state index contributed by atoms with van der Waals surface area (Å²) >= 11 is 17.7. The molecule has 0 heterocycles. The Balaban J connectivity index is 1.89. The average Bonchev–Trinajstić information content (AvgIpc) is 2.48. The van der Waals surface area contributed by atoms with Crippen LogP contribution in [-0.4, -0.2) is 12.0 Å². The summed E-state index contributed by atoms with van der Waals surface area (Å²) in [4.78, 5) is 12.0. The minimum absolute atomic E-state index is 0.231. The Morgan fingerprint density at radius 2 is 1.91 bits per heavy atom. The van der Waals surface area contributed by atoms with Gasteiger partial charge in [0.25, 0.3) is 5.91 Å². The van der Waals surface area contributed by atoms with Crippen LogP contribution in [0.4, 0.5) is 0 Å². The van der Waals surface area contributed by atoms with E-state index in [0.29, 0.717) is 27.4 Å². The molecule has 1 N–H and O–H groups in total. The highest BCUT2D eigenvalue weighted by atomic mass is 35.5. The van der Waals surface area contributed by atoms with Gasteiger partial charge in [0.15, 0.2) is 6.10 Å². The number of carbonyl (C=O) groups is 1. The van der Waals surface area contributed by atoms with Gasteiger partial charge in [0.1, 0.15) is 5.75 Å². The lowest BCUT2D eigenvalue weighted by molar-refractivity contribution is -0.127. The van der Waals surface area contributed by atoms with Crippen molar-refractivity contribution < 1.29 is 9.53 Å². The Hall–Kier alpha value is -1.42. The fourth-order valence-corrected chi connectivity index (χ4v) is 2.28. The molecule has 116 valence electrons. The smallest absolute Gasteiger partial charge is 0.261 e. The third-order valence-corrected chi connectivity index (χ3v) is 3.90. The second kappa shape index (κ2) is 7.73. The molecule has 0 aliphatic rings. The number of benzene rings is 2. The molecule has 1 unspecified atom stereocenters. The number of carbonyl (C=O) groups excluding carboxylic acids is 1. The van der Waals surface area contributed by atoms with Gasteiger partial charge >= 0.3 is 0 Å². The number of nitrogens with one attached hydrogen (secondary N) is 1. The van der Waals surface area contributed by atoms with Gasteiger partial charge in [-0.1, -0.05) is 46.9 Å². The van der Waals surface area contributed by atoms with Crippen molar-refractivity contribution in [1.82, 2.24) is 5.32 Å². The Morgan fingerprint density at radius 1 is 1.14 bits per heavy atom. The minimum atomic E-state index is -0.638. The first-order valence-corrected chi connectivity index (χ1v) is 7.73. The third-order valence-electron chi connectivity index (χ3n) is 2.93. The Bertz CT molecular complexity index is 676. The fraction of sp³-hybridized carbons (Fsp3) is 0.188. The van der Waals surface area contributed by atoms with E-state index >= 15 is 0 Å². The molecular weight excluding hydrogens is 345 g/mol. The quantitative estimate of drug-likeness (QED) is 0.839. The van der Waals surface area contributed by atoms with Crippen molar-refractivity contribution in [3.05, 3.63) is 63.1 Å². The van der Waals surface area contributed by atoms with E-state index in [-0.39, 0.29) is 5.91 Å². The first-order chi connectivity index (χ1) is 10.5. The van der Waals surface area contributed by atoms with Gasteiger partial charge in [-0.2, -0.15) is 0 Å². The Labute approximate surface area is 144 Å². The van der Waals surface area contributed by atoms with Crippen molar-refractivity contribution in [2.24, 2.45) is 0 Å². The zero-order chi connectivity index (χ0) is 16.1. The van der Waals surface area contributed by atoms with E-state index in [4.69, 9.17) is 39.5 Å². The lowest BCUT2D eigenvalue weighted by atomic mass is 10.2. The van der Waals surface area contributed by atoms with E-state index in [1.54, 1.807) is 49.4 Å². The van der Waals surface area contributed by atoms with Gasteiger partial charge in [0.2, 0.25) is 0 Å². The molecule has 2 aromatic rings. The molecule has 1 amide bonds. The van der Waals surface area contributed by atoms with Crippen molar-refractivity contribution in [2.75, 3.05) is 0 Å². The van der Waals surface area contributed by atoms with E-state index in [9.17, 15) is 4.79 Å². The van der Waals surface area contributed by atoms with Gasteiger partial charge in [-0.05, 0) is 42.8 Å². The first-order valence-electron chi connectivity index (χ1n) is 6.59. The third kappa shape index (κ3) is 4.80. The van der Waals surface area contributed by atoms with Gasteiger partial charge in [0.05, 0.1) is 10.0 Å². The van der Waals surface area contributed by atoms with Crippen LogP contribution < -0.4 is 10.1 Å². The van der Waals surface area contributed by atoms with Crippen molar-refractivity contribution in [3.63, 3.8) is 0 Å². The van der Waals surface area contributed by atoms with Crippen LogP contribution in [0.1, 0.15) is 12.5 Å². The largest absolute Gasteiger partial charge is 0.481 e. The van der Waals surface area contributed by atoms with Gasteiger partial charge in [-0.15, -0.1) is 0 Å². The molecule has 0 aliphatic carbocycles. The summed E-state index contributed by atoms with van der Waals surface area (Å²) in [6.45, 7) is 2.02. The average molecular weight is 359 g/mol. The normalized spacial score (nSPS) is 11.8. The predicted molar refractivity (Wildman–Crippen MR) is 89.9 cm³/mol. The predicted octanol–water partition coefficient (Wildman–Crippen LogP) is 4.73. The molecule has 2 rings (SSSR count). The van der Waals surface area contributed by atoms with Gasteiger partial charge in [-0.25, -0.2) is 0 Å². The molecule has 0 aromatic heterocycles. The van der Waals surface area contributed by atoms with E-state index < -0.39 is 6.10 Å². The molecule has 6 heteroatoms. The molecule has 22 heavy (non-hydrogen) atoms. The van der Waals surface area contributed by atoms with Crippen LogP contribution >= 0.6 is 34.8 Å². The maximum absolute atomic E-state index is 12.0. The van der Waals surface area contributed by atoms with Crippen LogP contribution in [0.25, 0.3) is 0 Å². The highest BCUT2D eigenvalue weighted by molar-refractivity contribution is 6.42. The van der Waals surface area contributed by atoms with Crippen LogP contribution in [0.15, 0.2) is 42.5 Å². The number of hydrogen-bond acceptors (Lipinski definition) is 2. The van der Waals surface area contributed by atoms with Crippen molar-refractivity contribution in [2.45, 2.75) is 19.6 Å². The summed E-state index contributed by atoms with van der Waals surface area (Å²) < 4.78 is 5.54. The highest BCUT2D eigenvalue weighted by Crippen LogP contribution is 2.22. The van der Waals surface area contributed by atoms with Gasteiger partial charge in [-0.3, -0.25) is 4.79 Å². The van der Waals surface area contributed by atoms with Crippen LogP contribution in [0.3, 0.4) is 0 Å². The first kappa shape index (κ1) is 16.9. The summed E-state index contributed by atoms with van der Waals surface area (Å²) in [6, 6.07) is 12.1. The summed E-state index contributed by atoms with van der Waals surface area (Å²) in [7, 11) is 0. The summed E-state index contributed by atoms with van der Waals surface area (Å²) in [5.74, 6) is 0.315. The van der Waals surface area contributed by atoms with Crippen molar-refractivity contribution in [3.8, 4) is 5.75 Å². The standard InChI is InChI=1S/C16H14Cl3NO2/c1-10(22-13-4-2-3-12(17)8-13)16(21)20-9-11-5-6-14(18)15(19)7-11/h2-8,10H,9H2,1H3,(H,20,21). The maximum Gasteiger partial charge on any atom is 0.261 e. The van der Waals surface area contributed by atoms with Crippen LogP contribution in [-0.2, 0) is 11.3 Å². The van der Waals surface area contributed by atoms with Gasteiger partial charge in [0, 0.05) is 11.6 Å². The lowest BCUT2D eigenvalue weighted by Crippen LogP contribution is -2.35. The number of halogens is 3. The Kier molecular flexibility index (Phi) is 5.95. The zero-order valence-electron chi connectivity index (χ0n) is 11.8. The molecule has 2 aromatic carbocycles. The van der Waals surface area contributed by atoms with Crippen LogP contribution in [0.2, 0.25) is 15.1 Å². The maximum atomic E-state index is 12.0. The molecule has 1 atom stereocenters. The fourth-order valence-electron chi connectivity index (χ4n) is 1.78. The van der Waals surface area contributed by atoms with Crippen molar-refractivity contribution >= 4 is 40.7 Å². The van der Waals surface area contributed by atoms with E-state index in [1.165, 1.54) is 0 Å². The second-order valence-corrected chi connectivity index (χ2v) is 5.93. The lowest BCUT2D eigenvalue weighted by Gasteiger charge is -2.15. The van der Waals surface area contributed by atoms with Crippen LogP contribution in [0, 0.1) is 0 Å². The number of amides is 1. The number of hydrogen-bond donors (Lipinski definition) is 1. The highest BCUT2D eigenvalue weighted by Gasteiger charge is 2.14. The Morgan fingerprint density at radius 3 is 2.59 bits per heavy atom. The van der Waals surface area contributed by atoms with Crippen molar-refractivity contribution in [1.29, 1.82) is 0 Å². The minimum Gasteiger partial charge on any atom is -0.481 e. The molecule has 3 nitrogen and oxygen atoms in total. The summed E-state index contributed by atoms with van der Waals surface area (Å²) in [5, 5.41) is 4.27. The molecule has 0 saturated carbocycles. The monoisotopic (exact) mass is 357 g/mol.